The van der Waals surface area contributed by atoms with Gasteiger partial charge in [-0.3, -0.25) is 14.9 Å². The van der Waals surface area contributed by atoms with Crippen molar-refractivity contribution in [3.8, 4) is 0 Å². The number of nitrogens with one attached hydrogen (secondary N) is 1. The van der Waals surface area contributed by atoms with Crippen molar-refractivity contribution in [1.29, 1.82) is 0 Å². The number of likely N-dealkylation sites (tertiary alicyclic amines) is 1. The van der Waals surface area contributed by atoms with Gasteiger partial charge in [-0.05, 0) is 26.2 Å². The molecule has 0 bridgehead atoms. The number of pyridine rings is 1. The van der Waals surface area contributed by atoms with Crippen LogP contribution in [0.15, 0.2) is 12.3 Å². The van der Waals surface area contributed by atoms with Crippen molar-refractivity contribution in [3.63, 3.8) is 0 Å². The van der Waals surface area contributed by atoms with Crippen LogP contribution in [0.2, 0.25) is 0 Å². The summed E-state index contributed by atoms with van der Waals surface area (Å²) in [5.41, 5.74) is -0.122. The fourth-order valence-corrected chi connectivity index (χ4v) is 2.50. The van der Waals surface area contributed by atoms with Gasteiger partial charge in [0.15, 0.2) is 0 Å². The predicted molar refractivity (Wildman–Crippen MR) is 79.4 cm³/mol. The Bertz CT molecular complexity index is 547. The normalized spacial score (nSPS) is 17.8. The zero-order valence-electron chi connectivity index (χ0n) is 12.3. The first-order valence-electron chi connectivity index (χ1n) is 7.24. The number of aromatic nitrogens is 1. The molecule has 1 saturated heterocycles. The van der Waals surface area contributed by atoms with E-state index in [0.29, 0.717) is 18.9 Å². The number of rotatable bonds is 5. The molecule has 1 aliphatic rings. The topological polar surface area (TPSA) is 88.4 Å². The minimum absolute atomic E-state index is 0.113. The molecule has 2 rings (SSSR count). The number of nitro groups is 1. The van der Waals surface area contributed by atoms with Gasteiger partial charge in [0, 0.05) is 25.2 Å². The summed E-state index contributed by atoms with van der Waals surface area (Å²) in [6.07, 6.45) is 3.94. The lowest BCUT2D eigenvalue weighted by atomic mass is 10.1. The molecule has 1 fully saturated rings. The van der Waals surface area contributed by atoms with Crippen LogP contribution in [0.25, 0.3) is 0 Å². The fourth-order valence-electron chi connectivity index (χ4n) is 2.50. The summed E-state index contributed by atoms with van der Waals surface area (Å²) in [7, 11) is 0. The molecule has 0 radical (unpaired) electrons. The average molecular weight is 292 g/mol. The van der Waals surface area contributed by atoms with Crippen molar-refractivity contribution in [2.24, 2.45) is 0 Å². The number of carbonyl (C=O) groups excluding carboxylic acids is 1. The van der Waals surface area contributed by atoms with E-state index < -0.39 is 4.92 Å². The molecule has 1 N–H and O–H groups in total. The number of hydrogen-bond acceptors (Lipinski definition) is 5. The Kier molecular flexibility index (Phi) is 4.72. The maximum Gasteiger partial charge on any atom is 0.300 e. The summed E-state index contributed by atoms with van der Waals surface area (Å²) in [6, 6.07) is 1.61. The maximum atomic E-state index is 12.6. The lowest BCUT2D eigenvalue weighted by Gasteiger charge is -2.21. The Labute approximate surface area is 123 Å². The minimum Gasteiger partial charge on any atom is -0.370 e. The van der Waals surface area contributed by atoms with Gasteiger partial charge in [-0.15, -0.1) is 0 Å². The van der Waals surface area contributed by atoms with E-state index in [4.69, 9.17) is 0 Å². The van der Waals surface area contributed by atoms with E-state index in [0.717, 1.165) is 25.5 Å². The third-order valence-electron chi connectivity index (χ3n) is 3.68. The molecule has 1 aliphatic heterocycles. The first kappa shape index (κ1) is 15.2. The summed E-state index contributed by atoms with van der Waals surface area (Å²) in [5.74, 6) is 0.214. The van der Waals surface area contributed by atoms with Crippen LogP contribution < -0.4 is 5.32 Å². The molecule has 0 spiro atoms. The molecule has 7 nitrogen and oxygen atoms in total. The predicted octanol–water partition coefficient (Wildman–Crippen LogP) is 2.44. The van der Waals surface area contributed by atoms with Gasteiger partial charge in [0.25, 0.3) is 11.6 Å². The largest absolute Gasteiger partial charge is 0.370 e. The van der Waals surface area contributed by atoms with Crippen molar-refractivity contribution in [2.75, 3.05) is 18.4 Å². The van der Waals surface area contributed by atoms with Crippen molar-refractivity contribution in [1.82, 2.24) is 9.88 Å². The number of carbonyl (C=O) groups is 1. The van der Waals surface area contributed by atoms with E-state index in [1.165, 1.54) is 6.07 Å². The SMILES string of the molecule is CCCNc1cc(C(=O)N2CCCC2C)c([N+](=O)[O-])cn1. The Balaban J connectivity index is 2.33. The lowest BCUT2D eigenvalue weighted by Crippen LogP contribution is -2.34. The van der Waals surface area contributed by atoms with Crippen LogP contribution >= 0.6 is 0 Å². The zero-order valence-corrected chi connectivity index (χ0v) is 12.3. The van der Waals surface area contributed by atoms with Gasteiger partial charge in [-0.1, -0.05) is 6.92 Å². The van der Waals surface area contributed by atoms with Crippen molar-refractivity contribution in [3.05, 3.63) is 27.9 Å². The molecule has 0 aliphatic carbocycles. The van der Waals surface area contributed by atoms with Gasteiger partial charge < -0.3 is 10.2 Å². The molecule has 1 amide bonds. The number of anilines is 1. The smallest absolute Gasteiger partial charge is 0.300 e. The minimum atomic E-state index is -0.551. The highest BCUT2D eigenvalue weighted by atomic mass is 16.6. The molecular weight excluding hydrogens is 272 g/mol. The molecule has 2 heterocycles. The van der Waals surface area contributed by atoms with Crippen molar-refractivity contribution in [2.45, 2.75) is 39.2 Å². The van der Waals surface area contributed by atoms with E-state index in [9.17, 15) is 14.9 Å². The zero-order chi connectivity index (χ0) is 15.4. The van der Waals surface area contributed by atoms with E-state index in [1.807, 2.05) is 13.8 Å². The van der Waals surface area contributed by atoms with E-state index in [1.54, 1.807) is 4.90 Å². The molecule has 21 heavy (non-hydrogen) atoms. The second-order valence-electron chi connectivity index (χ2n) is 5.26. The van der Waals surface area contributed by atoms with Gasteiger partial charge in [0.1, 0.15) is 17.6 Å². The van der Waals surface area contributed by atoms with Crippen LogP contribution in [0.4, 0.5) is 11.5 Å². The summed E-state index contributed by atoms with van der Waals surface area (Å²) in [6.45, 7) is 5.33. The molecule has 0 saturated carbocycles. The fraction of sp³-hybridized carbons (Fsp3) is 0.571. The Hall–Kier alpha value is -2.18. The van der Waals surface area contributed by atoms with E-state index in [-0.39, 0.29) is 23.2 Å². The van der Waals surface area contributed by atoms with E-state index in [2.05, 4.69) is 10.3 Å². The number of amides is 1. The highest BCUT2D eigenvalue weighted by Crippen LogP contribution is 2.26. The first-order valence-corrected chi connectivity index (χ1v) is 7.24. The third kappa shape index (κ3) is 3.29. The van der Waals surface area contributed by atoms with Crippen LogP contribution in [-0.2, 0) is 0 Å². The summed E-state index contributed by atoms with van der Waals surface area (Å²) in [5, 5.41) is 14.2. The quantitative estimate of drug-likeness (QED) is 0.665. The highest BCUT2D eigenvalue weighted by molar-refractivity contribution is 5.99. The molecular formula is C14H20N4O3. The van der Waals surface area contributed by atoms with Gasteiger partial charge in [0.05, 0.1) is 4.92 Å². The van der Waals surface area contributed by atoms with Crippen LogP contribution in [0, 0.1) is 10.1 Å². The van der Waals surface area contributed by atoms with Gasteiger partial charge >= 0.3 is 0 Å². The summed E-state index contributed by atoms with van der Waals surface area (Å²) < 4.78 is 0. The molecule has 1 aromatic heterocycles. The monoisotopic (exact) mass is 292 g/mol. The van der Waals surface area contributed by atoms with Gasteiger partial charge in [-0.2, -0.15) is 0 Å². The van der Waals surface area contributed by atoms with Crippen molar-refractivity contribution < 1.29 is 9.72 Å². The molecule has 1 unspecified atom stereocenters. The van der Waals surface area contributed by atoms with Crippen LogP contribution in [-0.4, -0.2) is 39.8 Å². The Morgan fingerprint density at radius 3 is 2.95 bits per heavy atom. The van der Waals surface area contributed by atoms with Crippen LogP contribution in [0.1, 0.15) is 43.5 Å². The summed E-state index contributed by atoms with van der Waals surface area (Å²) >= 11 is 0. The summed E-state index contributed by atoms with van der Waals surface area (Å²) in [4.78, 5) is 28.8. The Morgan fingerprint density at radius 2 is 2.38 bits per heavy atom. The molecule has 114 valence electrons. The lowest BCUT2D eigenvalue weighted by molar-refractivity contribution is -0.385. The second-order valence-corrected chi connectivity index (χ2v) is 5.26. The molecule has 0 aromatic carbocycles. The van der Waals surface area contributed by atoms with Crippen LogP contribution in [0.3, 0.4) is 0 Å². The van der Waals surface area contributed by atoms with Crippen molar-refractivity contribution >= 4 is 17.4 Å². The third-order valence-corrected chi connectivity index (χ3v) is 3.68. The first-order chi connectivity index (χ1) is 10.0. The van der Waals surface area contributed by atoms with Gasteiger partial charge in [0.2, 0.25) is 0 Å². The highest BCUT2D eigenvalue weighted by Gasteiger charge is 2.31. The number of nitrogens with zero attached hydrogens (tertiary/aromatic N) is 3. The molecule has 1 atom stereocenters. The standard InChI is InChI=1S/C14H20N4O3/c1-3-6-15-13-8-11(12(9-16-13)18(20)21)14(19)17-7-4-5-10(17)2/h8-10H,3-7H2,1-2H3,(H,15,16). The molecule has 7 heteroatoms. The second kappa shape index (κ2) is 6.51. The molecule has 1 aromatic rings. The Morgan fingerprint density at radius 1 is 1.62 bits per heavy atom. The van der Waals surface area contributed by atoms with E-state index >= 15 is 0 Å². The number of hydrogen-bond donors (Lipinski definition) is 1. The van der Waals surface area contributed by atoms with Crippen LogP contribution in [0.5, 0.6) is 0 Å². The van der Waals surface area contributed by atoms with Gasteiger partial charge in [-0.25, -0.2) is 4.98 Å². The maximum absolute atomic E-state index is 12.6. The average Bonchev–Trinajstić information content (AvgIpc) is 2.90.